The predicted molar refractivity (Wildman–Crippen MR) is 196 cm³/mol. The molecule has 15 heteroatoms. The number of phenolic OH excluding ortho intramolecular Hbond substituents is 1. The molecule has 0 radical (unpaired) electrons. The molecule has 13 nitrogen and oxygen atoms in total. The van der Waals surface area contributed by atoms with E-state index in [1.807, 2.05) is 31.3 Å². The van der Waals surface area contributed by atoms with Crippen molar-refractivity contribution in [3.63, 3.8) is 0 Å². The van der Waals surface area contributed by atoms with Gasteiger partial charge in [-0.1, -0.05) is 30.3 Å². The van der Waals surface area contributed by atoms with Gasteiger partial charge in [-0.25, -0.2) is 9.86 Å². The Labute approximate surface area is 331 Å². The maximum atomic E-state index is 12.5. The third kappa shape index (κ3) is 11.0. The number of carboxylic acid groups (broad SMARTS) is 2. The van der Waals surface area contributed by atoms with Crippen LogP contribution >= 0.6 is 12.2 Å². The van der Waals surface area contributed by atoms with Crippen molar-refractivity contribution in [3.05, 3.63) is 118 Å². The van der Waals surface area contributed by atoms with Crippen molar-refractivity contribution < 1.29 is 68.9 Å². The van der Waals surface area contributed by atoms with Crippen molar-refractivity contribution in [2.24, 2.45) is 0 Å². The van der Waals surface area contributed by atoms with Crippen LogP contribution < -0.4 is 50.7 Å². The van der Waals surface area contributed by atoms with Gasteiger partial charge in [-0.05, 0) is 97.8 Å². The summed E-state index contributed by atoms with van der Waals surface area (Å²) >= 11 is 5.50. The number of nitrogens with one attached hydrogen (secondary N) is 2. The van der Waals surface area contributed by atoms with Gasteiger partial charge in [-0.15, -0.1) is 0 Å². The number of nitrogens with zero attached hydrogens (tertiary/aromatic N) is 2. The van der Waals surface area contributed by atoms with Crippen molar-refractivity contribution in [1.82, 2.24) is 15.3 Å². The van der Waals surface area contributed by atoms with Crippen molar-refractivity contribution >= 4 is 51.8 Å². The molecule has 1 heterocycles. The van der Waals surface area contributed by atoms with Crippen LogP contribution in [0.1, 0.15) is 34.3 Å². The van der Waals surface area contributed by atoms with Gasteiger partial charge in [0.05, 0.1) is 11.5 Å². The molecule has 0 atom stereocenters. The van der Waals surface area contributed by atoms with Gasteiger partial charge >= 0.3 is 35.5 Å². The summed E-state index contributed by atoms with van der Waals surface area (Å²) < 4.78 is 5.90. The Hall–Kier alpha value is -5.09. The number of benzene rings is 4. The van der Waals surface area contributed by atoms with Gasteiger partial charge in [-0.2, -0.15) is 0 Å². The van der Waals surface area contributed by atoms with Crippen molar-refractivity contribution in [1.29, 1.82) is 0 Å². The monoisotopic (exact) mass is 746 g/mol. The first-order valence-electron chi connectivity index (χ1n) is 16.2. The normalized spacial score (nSPS) is 11.1. The molecular formula is C38H35N4NaO9S. The van der Waals surface area contributed by atoms with Crippen LogP contribution in [0.25, 0.3) is 33.4 Å². The van der Waals surface area contributed by atoms with Gasteiger partial charge in [0.25, 0.3) is 5.91 Å². The first-order chi connectivity index (χ1) is 24.9. The second-order valence-corrected chi connectivity index (χ2v) is 12.5. The van der Waals surface area contributed by atoms with Crippen LogP contribution in [-0.2, 0) is 22.7 Å². The summed E-state index contributed by atoms with van der Waals surface area (Å²) in [5.74, 6) is -3.28. The molecule has 1 aliphatic carbocycles. The molecule has 2 aliphatic rings. The van der Waals surface area contributed by atoms with E-state index in [4.69, 9.17) is 16.6 Å². The van der Waals surface area contributed by atoms with Crippen molar-refractivity contribution in [2.75, 3.05) is 25.5 Å². The molecule has 53 heavy (non-hydrogen) atoms. The number of carboxylic acids is 2. The number of phenols is 1. The molecule has 5 N–H and O–H groups in total. The van der Waals surface area contributed by atoms with Crippen LogP contribution in [0.4, 0.5) is 5.69 Å². The fourth-order valence-corrected chi connectivity index (χ4v) is 5.85. The zero-order valence-corrected chi connectivity index (χ0v) is 31.8. The molecule has 1 aliphatic heterocycles. The standard InChI is InChI=1S/C38H36N4O9S.Na/c1-41(16-2-3-17-42(50)34(45)14-15-35(46)47)22-24-6-4-23(5-7-24)21-39-38(52)40-25-8-11-28(31(18-25)37(48)49)36-29-12-9-26(43)19-32(29)51-33-20-27(44)10-13-30(33)36;/h4-15,18-20,43,50H,2-3,16-17,21-22H2,1H3,(H,46,47)(H,48,49)(H2,39,40,52);/q;+1/p-1/b15-14+;. The Morgan fingerprint density at radius 1 is 0.906 bits per heavy atom. The van der Waals surface area contributed by atoms with Gasteiger partial charge < -0.3 is 40.1 Å². The Bertz CT molecular complexity index is 2190. The average molecular weight is 747 g/mol. The topological polar surface area (TPSA) is 196 Å². The number of hydroxylamine groups is 2. The minimum absolute atomic E-state index is 0. The van der Waals surface area contributed by atoms with Crippen LogP contribution in [0.3, 0.4) is 0 Å². The van der Waals surface area contributed by atoms with E-state index in [-0.39, 0.29) is 58.6 Å². The first-order valence-corrected chi connectivity index (χ1v) is 16.6. The van der Waals surface area contributed by atoms with E-state index in [0.29, 0.717) is 82.1 Å². The smallest absolute Gasteiger partial charge is 0.545 e. The second-order valence-electron chi connectivity index (χ2n) is 12.1. The summed E-state index contributed by atoms with van der Waals surface area (Å²) in [6, 6.07) is 21.7. The molecule has 0 spiro atoms. The summed E-state index contributed by atoms with van der Waals surface area (Å²) in [4.78, 5) is 48.7. The molecule has 5 rings (SSSR count). The molecule has 0 bridgehead atoms. The van der Waals surface area contributed by atoms with Crippen LogP contribution in [-0.4, -0.2) is 68.5 Å². The van der Waals surface area contributed by atoms with Crippen molar-refractivity contribution in [3.8, 4) is 28.2 Å². The number of amides is 1. The van der Waals surface area contributed by atoms with Gasteiger partial charge in [0.2, 0.25) is 0 Å². The summed E-state index contributed by atoms with van der Waals surface area (Å²) in [6.45, 7) is 1.88. The van der Waals surface area contributed by atoms with Gasteiger partial charge in [0.15, 0.2) is 10.5 Å². The number of hydrogen-bond donors (Lipinski definition) is 5. The zero-order valence-electron chi connectivity index (χ0n) is 29.0. The fraction of sp³-hybridized carbons (Fsp3) is 0.184. The fourth-order valence-electron chi connectivity index (χ4n) is 5.66. The maximum Gasteiger partial charge on any atom is 1.00 e. The number of fused-ring (bicyclic) bond motifs is 2. The molecule has 0 unspecified atom stereocenters. The van der Waals surface area contributed by atoms with Gasteiger partial charge in [0, 0.05) is 60.0 Å². The molecular weight excluding hydrogens is 711 g/mol. The SMILES string of the molecule is CN(CCCCN(O)C(=O)/C=C/C(=O)[O-])Cc1ccc(CNC(=S)Nc2ccc(-c3c4ccc(=O)cc-4oc4cc(O)ccc34)c(C(=O)O)c2)cc1.[Na+]. The van der Waals surface area contributed by atoms with E-state index >= 15 is 0 Å². The number of thiocarbonyl (C=S) groups is 1. The number of carbonyl (C=O) groups is 3. The molecule has 3 aromatic rings. The third-order valence-electron chi connectivity index (χ3n) is 8.16. The Morgan fingerprint density at radius 2 is 1.60 bits per heavy atom. The van der Waals surface area contributed by atoms with E-state index < -0.39 is 17.8 Å². The maximum absolute atomic E-state index is 12.5. The number of carbonyl (C=O) groups excluding carboxylic acids is 2. The number of hydrogen-bond acceptors (Lipinski definition) is 10. The van der Waals surface area contributed by atoms with E-state index in [1.165, 1.54) is 30.3 Å². The number of aromatic hydroxyl groups is 1. The largest absolute Gasteiger partial charge is 1.00 e. The van der Waals surface area contributed by atoms with Crippen LogP contribution in [0.5, 0.6) is 5.75 Å². The van der Waals surface area contributed by atoms with E-state index in [9.17, 15) is 39.7 Å². The average Bonchev–Trinajstić information content (AvgIpc) is 3.10. The minimum Gasteiger partial charge on any atom is -0.545 e. The Morgan fingerprint density at radius 3 is 2.32 bits per heavy atom. The molecule has 0 fully saturated rings. The third-order valence-corrected chi connectivity index (χ3v) is 8.41. The first kappa shape index (κ1) is 40.7. The number of aliphatic carboxylic acids is 1. The number of anilines is 1. The molecule has 0 saturated carbocycles. The summed E-state index contributed by atoms with van der Waals surface area (Å²) in [6.07, 6.45) is 2.55. The predicted octanol–water partition coefficient (Wildman–Crippen LogP) is 1.20. The molecule has 3 aromatic carbocycles. The Balaban J connectivity index is 0.00000627. The van der Waals surface area contributed by atoms with Crippen LogP contribution in [0, 0.1) is 0 Å². The molecule has 0 saturated heterocycles. The second kappa shape index (κ2) is 18.6. The Kier molecular flexibility index (Phi) is 14.3. The number of unbranched alkanes of at least 4 members (excludes halogenated alkanes) is 1. The quantitative estimate of drug-likeness (QED) is 0.0207. The molecule has 0 aromatic heterocycles. The summed E-state index contributed by atoms with van der Waals surface area (Å²) in [5.41, 5.74) is 4.01. The molecule has 1 amide bonds. The van der Waals surface area contributed by atoms with E-state index in [1.54, 1.807) is 24.3 Å². The van der Waals surface area contributed by atoms with E-state index in [2.05, 4.69) is 15.5 Å². The molecule has 268 valence electrons. The van der Waals surface area contributed by atoms with Gasteiger partial charge in [0.1, 0.15) is 17.1 Å². The number of rotatable bonds is 14. The zero-order chi connectivity index (χ0) is 37.4. The van der Waals surface area contributed by atoms with E-state index in [0.717, 1.165) is 17.2 Å². The van der Waals surface area contributed by atoms with Crippen LogP contribution in [0.15, 0.2) is 100 Å². The minimum atomic E-state index is -1.51. The van der Waals surface area contributed by atoms with Gasteiger partial charge in [-0.3, -0.25) is 14.8 Å². The van der Waals surface area contributed by atoms with Crippen molar-refractivity contribution in [2.45, 2.75) is 25.9 Å². The number of aromatic carboxylic acids is 1. The van der Waals surface area contributed by atoms with Crippen LogP contribution in [0.2, 0.25) is 0 Å². The summed E-state index contributed by atoms with van der Waals surface area (Å²) in [5, 5.41) is 47.9. The summed E-state index contributed by atoms with van der Waals surface area (Å²) in [7, 11) is 1.96.